The summed E-state index contributed by atoms with van der Waals surface area (Å²) in [6.45, 7) is 0.800. The molecule has 0 saturated heterocycles. The van der Waals surface area contributed by atoms with Gasteiger partial charge in [-0.3, -0.25) is 9.59 Å². The van der Waals surface area contributed by atoms with E-state index in [-0.39, 0.29) is 10.7 Å². The lowest BCUT2D eigenvalue weighted by atomic mass is 10.2. The number of carbonyl (C=O) groups excluding carboxylic acids is 3. The van der Waals surface area contributed by atoms with E-state index in [1.54, 1.807) is 30.3 Å². The van der Waals surface area contributed by atoms with Crippen molar-refractivity contribution < 1.29 is 23.5 Å². The highest BCUT2D eigenvalue weighted by molar-refractivity contribution is 6.30. The topological polar surface area (TPSA) is 84.5 Å². The SMILES string of the molecule is C[C@H](NC(=O)c1ccccc1)C(=O)OCC(=O)Nc1cc(Cl)ccc1F. The van der Waals surface area contributed by atoms with Gasteiger partial charge < -0.3 is 15.4 Å². The van der Waals surface area contributed by atoms with E-state index in [1.165, 1.54) is 19.1 Å². The van der Waals surface area contributed by atoms with Crippen LogP contribution in [0.2, 0.25) is 5.02 Å². The van der Waals surface area contributed by atoms with Gasteiger partial charge in [-0.15, -0.1) is 0 Å². The molecule has 0 aliphatic rings. The number of hydrogen-bond donors (Lipinski definition) is 2. The molecule has 0 fully saturated rings. The van der Waals surface area contributed by atoms with E-state index in [0.717, 1.165) is 6.07 Å². The van der Waals surface area contributed by atoms with Crippen LogP contribution < -0.4 is 10.6 Å². The van der Waals surface area contributed by atoms with Crippen LogP contribution in [0.4, 0.5) is 10.1 Å². The maximum Gasteiger partial charge on any atom is 0.328 e. The van der Waals surface area contributed by atoms with E-state index in [4.69, 9.17) is 16.3 Å². The Morgan fingerprint density at radius 1 is 1.15 bits per heavy atom. The Balaban J connectivity index is 1.82. The monoisotopic (exact) mass is 378 g/mol. The summed E-state index contributed by atoms with van der Waals surface area (Å²) in [5.41, 5.74) is 0.269. The molecule has 0 aliphatic carbocycles. The van der Waals surface area contributed by atoms with Crippen LogP contribution in [-0.2, 0) is 14.3 Å². The Hall–Kier alpha value is -2.93. The van der Waals surface area contributed by atoms with Gasteiger partial charge in [0, 0.05) is 10.6 Å². The van der Waals surface area contributed by atoms with Gasteiger partial charge in [-0.25, -0.2) is 9.18 Å². The lowest BCUT2D eigenvalue weighted by Crippen LogP contribution is -2.40. The molecule has 2 aromatic rings. The van der Waals surface area contributed by atoms with Crippen molar-refractivity contribution in [3.8, 4) is 0 Å². The standard InChI is InChI=1S/C18H16ClFN2O4/c1-11(21-17(24)12-5-3-2-4-6-12)18(25)26-10-16(23)22-15-9-13(19)7-8-14(15)20/h2-9,11H,10H2,1H3,(H,21,24)(H,22,23)/t11-/m0/s1. The summed E-state index contributed by atoms with van der Waals surface area (Å²) < 4.78 is 18.4. The first-order valence-electron chi connectivity index (χ1n) is 7.64. The van der Waals surface area contributed by atoms with Gasteiger partial charge in [0.25, 0.3) is 11.8 Å². The normalized spacial score (nSPS) is 11.3. The number of amides is 2. The molecule has 1 atom stereocenters. The number of nitrogens with one attached hydrogen (secondary N) is 2. The Morgan fingerprint density at radius 2 is 1.85 bits per heavy atom. The van der Waals surface area contributed by atoms with Crippen LogP contribution in [-0.4, -0.2) is 30.4 Å². The number of carbonyl (C=O) groups is 3. The van der Waals surface area contributed by atoms with Crippen molar-refractivity contribution in [1.29, 1.82) is 0 Å². The van der Waals surface area contributed by atoms with Crippen LogP contribution in [0.15, 0.2) is 48.5 Å². The van der Waals surface area contributed by atoms with Crippen LogP contribution in [0, 0.1) is 5.82 Å². The van der Waals surface area contributed by atoms with Gasteiger partial charge in [0.15, 0.2) is 6.61 Å². The van der Waals surface area contributed by atoms with Crippen LogP contribution in [0.5, 0.6) is 0 Å². The lowest BCUT2D eigenvalue weighted by Gasteiger charge is -2.13. The van der Waals surface area contributed by atoms with E-state index in [1.807, 2.05) is 0 Å². The van der Waals surface area contributed by atoms with Crippen LogP contribution in [0.25, 0.3) is 0 Å². The summed E-state index contributed by atoms with van der Waals surface area (Å²) in [4.78, 5) is 35.6. The fourth-order valence-electron chi connectivity index (χ4n) is 1.97. The molecular formula is C18H16ClFN2O4. The summed E-state index contributed by atoms with van der Waals surface area (Å²) in [5.74, 6) is -2.64. The van der Waals surface area contributed by atoms with Crippen LogP contribution in [0.1, 0.15) is 17.3 Å². The zero-order valence-corrected chi connectivity index (χ0v) is 14.5. The molecule has 0 bridgehead atoms. The summed E-state index contributed by atoms with van der Waals surface area (Å²) in [7, 11) is 0. The van der Waals surface area contributed by atoms with E-state index in [0.29, 0.717) is 5.56 Å². The molecule has 2 aromatic carbocycles. The first kappa shape index (κ1) is 19.4. The summed E-state index contributed by atoms with van der Waals surface area (Å²) in [6, 6.07) is 11.1. The van der Waals surface area contributed by atoms with Gasteiger partial charge in [-0.05, 0) is 37.3 Å². The van der Waals surface area contributed by atoms with Crippen molar-refractivity contribution in [3.63, 3.8) is 0 Å². The van der Waals surface area contributed by atoms with Gasteiger partial charge in [0.1, 0.15) is 11.9 Å². The molecule has 0 aliphatic heterocycles. The van der Waals surface area contributed by atoms with Crippen molar-refractivity contribution >= 4 is 35.1 Å². The molecular weight excluding hydrogens is 363 g/mol. The molecule has 2 N–H and O–H groups in total. The second-order valence-corrected chi connectivity index (χ2v) is 5.78. The number of halogens is 2. The average molecular weight is 379 g/mol. The summed E-state index contributed by atoms with van der Waals surface area (Å²) in [5, 5.41) is 4.96. The number of anilines is 1. The third kappa shape index (κ3) is 5.56. The second kappa shape index (κ2) is 8.96. The van der Waals surface area contributed by atoms with Gasteiger partial charge in [0.2, 0.25) is 0 Å². The third-order valence-electron chi connectivity index (χ3n) is 3.29. The number of rotatable bonds is 6. The molecule has 0 saturated carbocycles. The largest absolute Gasteiger partial charge is 0.454 e. The molecule has 0 unspecified atom stereocenters. The molecule has 6 nitrogen and oxygen atoms in total. The number of benzene rings is 2. The fraction of sp³-hybridized carbons (Fsp3) is 0.167. The Kier molecular flexibility index (Phi) is 6.68. The highest BCUT2D eigenvalue weighted by Gasteiger charge is 2.19. The maximum absolute atomic E-state index is 13.5. The van der Waals surface area contributed by atoms with Crippen molar-refractivity contribution in [2.45, 2.75) is 13.0 Å². The zero-order valence-electron chi connectivity index (χ0n) is 13.8. The van der Waals surface area contributed by atoms with Gasteiger partial charge >= 0.3 is 5.97 Å². The summed E-state index contributed by atoms with van der Waals surface area (Å²) in [6.07, 6.45) is 0. The minimum Gasteiger partial charge on any atom is -0.454 e. The fourth-order valence-corrected chi connectivity index (χ4v) is 2.14. The molecule has 2 amide bonds. The van der Waals surface area contributed by atoms with Gasteiger partial charge in [0.05, 0.1) is 5.69 Å². The molecule has 136 valence electrons. The van der Waals surface area contributed by atoms with Crippen molar-refractivity contribution in [2.75, 3.05) is 11.9 Å². The van der Waals surface area contributed by atoms with Crippen LogP contribution >= 0.6 is 11.6 Å². The molecule has 0 spiro atoms. The molecule has 0 aromatic heterocycles. The molecule has 0 heterocycles. The lowest BCUT2D eigenvalue weighted by molar-refractivity contribution is -0.148. The predicted octanol–water partition coefficient (Wildman–Crippen LogP) is 2.78. The molecule has 0 radical (unpaired) electrons. The first-order chi connectivity index (χ1) is 12.4. The van der Waals surface area contributed by atoms with E-state index >= 15 is 0 Å². The highest BCUT2D eigenvalue weighted by atomic mass is 35.5. The average Bonchev–Trinajstić information content (AvgIpc) is 2.63. The molecule has 2 rings (SSSR count). The second-order valence-electron chi connectivity index (χ2n) is 5.34. The summed E-state index contributed by atoms with van der Waals surface area (Å²) >= 11 is 5.72. The highest BCUT2D eigenvalue weighted by Crippen LogP contribution is 2.19. The first-order valence-corrected chi connectivity index (χ1v) is 8.02. The predicted molar refractivity (Wildman–Crippen MR) is 94.4 cm³/mol. The van der Waals surface area contributed by atoms with Gasteiger partial charge in [-0.1, -0.05) is 29.8 Å². The van der Waals surface area contributed by atoms with Gasteiger partial charge in [-0.2, -0.15) is 0 Å². The van der Waals surface area contributed by atoms with E-state index < -0.39 is 36.2 Å². The van der Waals surface area contributed by atoms with Crippen molar-refractivity contribution in [2.24, 2.45) is 0 Å². The van der Waals surface area contributed by atoms with E-state index in [2.05, 4.69) is 10.6 Å². The Labute approximate surface area is 154 Å². The quantitative estimate of drug-likeness (QED) is 0.757. The van der Waals surface area contributed by atoms with E-state index in [9.17, 15) is 18.8 Å². The van der Waals surface area contributed by atoms with Crippen molar-refractivity contribution in [1.82, 2.24) is 5.32 Å². The number of ether oxygens (including phenoxy) is 1. The zero-order chi connectivity index (χ0) is 19.1. The van der Waals surface area contributed by atoms with Crippen molar-refractivity contribution in [3.05, 3.63) is 64.9 Å². The minimum atomic E-state index is -0.960. The Morgan fingerprint density at radius 3 is 2.54 bits per heavy atom. The number of esters is 1. The smallest absolute Gasteiger partial charge is 0.328 e. The molecule has 8 heteroatoms. The Bertz CT molecular complexity index is 814. The number of hydrogen-bond acceptors (Lipinski definition) is 4. The molecule has 26 heavy (non-hydrogen) atoms. The third-order valence-corrected chi connectivity index (χ3v) is 3.52. The van der Waals surface area contributed by atoms with Crippen LogP contribution in [0.3, 0.4) is 0 Å². The maximum atomic E-state index is 13.5. The minimum absolute atomic E-state index is 0.121.